The van der Waals surface area contributed by atoms with Gasteiger partial charge in [-0.05, 0) is 17.3 Å². The first kappa shape index (κ1) is 20.3. The summed E-state index contributed by atoms with van der Waals surface area (Å²) in [5, 5.41) is 14.7. The highest BCUT2D eigenvalue weighted by Gasteiger charge is 2.27. The van der Waals surface area contributed by atoms with Crippen molar-refractivity contribution in [1.82, 2.24) is 0 Å². The number of methoxy groups -OCH3 is 1. The number of azide groups is 1. The lowest BCUT2D eigenvalue weighted by atomic mass is 10.1. The van der Waals surface area contributed by atoms with E-state index in [1.165, 1.54) is 11.8 Å². The molecule has 0 bridgehead atoms. The van der Waals surface area contributed by atoms with Gasteiger partial charge < -0.3 is 4.74 Å². The van der Waals surface area contributed by atoms with Crippen LogP contribution in [0.3, 0.4) is 0 Å². The van der Waals surface area contributed by atoms with Gasteiger partial charge >= 0.3 is 5.97 Å². The van der Waals surface area contributed by atoms with Crippen LogP contribution in [0.25, 0.3) is 10.4 Å². The number of benzene rings is 1. The number of halogens is 1. The van der Waals surface area contributed by atoms with E-state index in [0.717, 1.165) is 19.2 Å². The molecule has 0 fully saturated rings. The Balaban J connectivity index is 3.45. The third-order valence-corrected chi connectivity index (χ3v) is 6.72. The fraction of sp³-hybridized carbons (Fsp3) is 0.462. The summed E-state index contributed by atoms with van der Waals surface area (Å²) < 4.78 is 4.57. The number of esters is 1. The Morgan fingerprint density at radius 3 is 2.62 bits per heavy atom. The zero-order valence-corrected chi connectivity index (χ0v) is 16.3. The SMILES string of the molecule is COC(=O)c1cc([N+](=O)[O-])c(SCC[Si](C)(C)C)c(Cl)c1N=[N+]=[N-]. The second-order valence-corrected chi connectivity index (χ2v) is 13.1. The van der Waals surface area contributed by atoms with Crippen molar-refractivity contribution in [3.63, 3.8) is 0 Å². The van der Waals surface area contributed by atoms with E-state index in [2.05, 4.69) is 34.4 Å². The Morgan fingerprint density at radius 2 is 2.17 bits per heavy atom. The molecule has 0 saturated carbocycles. The molecule has 11 heteroatoms. The van der Waals surface area contributed by atoms with Gasteiger partial charge in [0.2, 0.25) is 0 Å². The number of carbonyl (C=O) groups excluding carboxylic acids is 1. The van der Waals surface area contributed by atoms with Crippen molar-refractivity contribution in [3.05, 3.63) is 37.2 Å². The molecule has 0 heterocycles. The summed E-state index contributed by atoms with van der Waals surface area (Å²) in [5.41, 5.74) is 7.99. The molecule has 0 N–H and O–H groups in total. The summed E-state index contributed by atoms with van der Waals surface area (Å²) in [6, 6.07) is 1.97. The van der Waals surface area contributed by atoms with Gasteiger partial charge in [-0.25, -0.2) is 4.79 Å². The molecule has 0 aliphatic heterocycles. The van der Waals surface area contributed by atoms with Crippen LogP contribution < -0.4 is 0 Å². The average Bonchev–Trinajstić information content (AvgIpc) is 2.48. The monoisotopic (exact) mass is 388 g/mol. The highest BCUT2D eigenvalue weighted by Crippen LogP contribution is 2.44. The van der Waals surface area contributed by atoms with Crippen LogP contribution >= 0.6 is 23.4 Å². The van der Waals surface area contributed by atoms with Gasteiger partial charge in [0.05, 0.1) is 28.3 Å². The quantitative estimate of drug-likeness (QED) is 0.0904. The van der Waals surface area contributed by atoms with E-state index in [-0.39, 0.29) is 26.9 Å². The van der Waals surface area contributed by atoms with Gasteiger partial charge in [0.15, 0.2) is 0 Å². The maximum atomic E-state index is 11.8. The summed E-state index contributed by atoms with van der Waals surface area (Å²) in [6.07, 6.45) is 0. The Bertz CT molecular complexity index is 717. The highest BCUT2D eigenvalue weighted by molar-refractivity contribution is 7.99. The van der Waals surface area contributed by atoms with E-state index in [9.17, 15) is 14.9 Å². The van der Waals surface area contributed by atoms with Crippen LogP contribution in [0, 0.1) is 10.1 Å². The number of nitrogens with zero attached hydrogens (tertiary/aromatic N) is 4. The van der Waals surface area contributed by atoms with E-state index >= 15 is 0 Å². The van der Waals surface area contributed by atoms with E-state index in [1.807, 2.05) is 0 Å². The molecule has 1 aromatic carbocycles. The Labute approximate surface area is 149 Å². The zero-order valence-electron chi connectivity index (χ0n) is 13.7. The molecule has 1 rings (SSSR count). The summed E-state index contributed by atoms with van der Waals surface area (Å²) in [6.45, 7) is 6.57. The Hall–Kier alpha value is -1.74. The molecular formula is C13H17ClN4O4SSi. The lowest BCUT2D eigenvalue weighted by molar-refractivity contribution is -0.387. The number of nitro groups is 1. The lowest BCUT2D eigenvalue weighted by Gasteiger charge is -2.16. The fourth-order valence-corrected chi connectivity index (χ4v) is 5.72. The van der Waals surface area contributed by atoms with Crippen LogP contribution in [0.4, 0.5) is 11.4 Å². The van der Waals surface area contributed by atoms with Gasteiger partial charge in [-0.15, -0.1) is 11.8 Å². The maximum absolute atomic E-state index is 11.8. The summed E-state index contributed by atoms with van der Waals surface area (Å²) in [4.78, 5) is 25.4. The molecule has 0 unspecified atom stereocenters. The minimum Gasteiger partial charge on any atom is -0.465 e. The number of rotatable bonds is 7. The van der Waals surface area contributed by atoms with Crippen LogP contribution in [-0.4, -0.2) is 31.8 Å². The van der Waals surface area contributed by atoms with E-state index < -0.39 is 19.0 Å². The minimum absolute atomic E-state index is 0.108. The predicted molar refractivity (Wildman–Crippen MR) is 97.1 cm³/mol. The normalized spacial score (nSPS) is 10.9. The third kappa shape index (κ3) is 5.13. The van der Waals surface area contributed by atoms with Crippen molar-refractivity contribution in [2.45, 2.75) is 30.6 Å². The van der Waals surface area contributed by atoms with Gasteiger partial charge in [0.25, 0.3) is 5.69 Å². The predicted octanol–water partition coefficient (Wildman–Crippen LogP) is 5.41. The van der Waals surface area contributed by atoms with Crippen molar-refractivity contribution in [3.8, 4) is 0 Å². The van der Waals surface area contributed by atoms with Gasteiger partial charge in [-0.1, -0.05) is 36.4 Å². The van der Waals surface area contributed by atoms with Crippen molar-refractivity contribution >= 4 is 48.8 Å². The van der Waals surface area contributed by atoms with E-state index in [1.54, 1.807) is 0 Å². The van der Waals surface area contributed by atoms with Gasteiger partial charge in [0.1, 0.15) is 4.90 Å². The smallest absolute Gasteiger partial charge is 0.338 e. The largest absolute Gasteiger partial charge is 0.465 e. The number of nitro benzene ring substituents is 1. The molecule has 24 heavy (non-hydrogen) atoms. The summed E-state index contributed by atoms with van der Waals surface area (Å²) in [5.74, 6) is -0.218. The molecule has 0 atom stereocenters. The second-order valence-electron chi connectivity index (χ2n) is 6.03. The Kier molecular flexibility index (Phi) is 7.09. The average molecular weight is 389 g/mol. The molecule has 1 aromatic rings. The molecular weight excluding hydrogens is 372 g/mol. The number of hydrogen-bond acceptors (Lipinski definition) is 6. The lowest BCUT2D eigenvalue weighted by Crippen LogP contribution is -2.19. The topological polar surface area (TPSA) is 118 Å². The van der Waals surface area contributed by atoms with Gasteiger partial charge in [-0.2, -0.15) is 0 Å². The first-order valence-electron chi connectivity index (χ1n) is 6.89. The standard InChI is InChI=1S/C13H17ClN4O4SSi/c1-22-13(19)8-7-9(18(20)21)12(10(14)11(8)16-17-15)23-5-6-24(2,3)4/h7H,5-6H2,1-4H3. The zero-order chi connectivity index (χ0) is 18.5. The summed E-state index contributed by atoms with van der Waals surface area (Å²) in [7, 11) is -0.203. The second kappa shape index (κ2) is 8.38. The number of carbonyl (C=O) groups is 1. The highest BCUT2D eigenvalue weighted by atomic mass is 35.5. The van der Waals surface area contributed by atoms with E-state index in [0.29, 0.717) is 5.75 Å². The van der Waals surface area contributed by atoms with Crippen LogP contribution in [0.2, 0.25) is 30.7 Å². The number of ether oxygens (including phenoxy) is 1. The van der Waals surface area contributed by atoms with Crippen LogP contribution in [0.5, 0.6) is 0 Å². The van der Waals surface area contributed by atoms with Crippen molar-refractivity contribution < 1.29 is 14.5 Å². The van der Waals surface area contributed by atoms with E-state index in [4.69, 9.17) is 17.1 Å². The van der Waals surface area contributed by atoms with Crippen LogP contribution in [-0.2, 0) is 4.74 Å². The first-order chi connectivity index (χ1) is 11.1. The van der Waals surface area contributed by atoms with Gasteiger partial charge in [0, 0.05) is 19.1 Å². The van der Waals surface area contributed by atoms with Crippen LogP contribution in [0.1, 0.15) is 10.4 Å². The molecule has 0 radical (unpaired) electrons. The molecule has 0 aliphatic rings. The van der Waals surface area contributed by atoms with Crippen molar-refractivity contribution in [1.29, 1.82) is 0 Å². The minimum atomic E-state index is -1.33. The number of hydrogen-bond donors (Lipinski definition) is 0. The molecule has 0 aliphatic carbocycles. The fourth-order valence-electron chi connectivity index (χ4n) is 1.75. The number of thioether (sulfide) groups is 1. The third-order valence-electron chi connectivity index (χ3n) is 3.02. The molecule has 8 nitrogen and oxygen atoms in total. The van der Waals surface area contributed by atoms with Gasteiger partial charge in [-0.3, -0.25) is 10.1 Å². The van der Waals surface area contributed by atoms with Crippen LogP contribution in [0.15, 0.2) is 16.1 Å². The molecule has 0 saturated heterocycles. The molecule has 130 valence electrons. The van der Waals surface area contributed by atoms with Crippen molar-refractivity contribution in [2.75, 3.05) is 12.9 Å². The Morgan fingerprint density at radius 1 is 1.54 bits per heavy atom. The molecule has 0 amide bonds. The molecule has 0 aromatic heterocycles. The maximum Gasteiger partial charge on any atom is 0.338 e. The van der Waals surface area contributed by atoms with Crippen molar-refractivity contribution in [2.24, 2.45) is 5.11 Å². The summed E-state index contributed by atoms with van der Waals surface area (Å²) >= 11 is 7.43. The molecule has 0 spiro atoms. The first-order valence-corrected chi connectivity index (χ1v) is 12.0.